The molecule has 0 atom stereocenters. The van der Waals surface area contributed by atoms with Crippen LogP contribution in [0, 0.1) is 0 Å². The van der Waals surface area contributed by atoms with Gasteiger partial charge in [-0.2, -0.15) is 0 Å². The van der Waals surface area contributed by atoms with Crippen molar-refractivity contribution in [3.8, 4) is 0 Å². The number of anilines is 1. The Labute approximate surface area is 106 Å². The highest BCUT2D eigenvalue weighted by Crippen LogP contribution is 2.40. The summed E-state index contributed by atoms with van der Waals surface area (Å²) in [7, 11) is 0. The van der Waals surface area contributed by atoms with Gasteiger partial charge in [0.25, 0.3) is 0 Å². The van der Waals surface area contributed by atoms with Crippen molar-refractivity contribution in [1.29, 1.82) is 0 Å². The fraction of sp³-hybridized carbons (Fsp3) is 0.429. The Morgan fingerprint density at radius 2 is 1.67 bits per heavy atom. The molecule has 4 heteroatoms. The van der Waals surface area contributed by atoms with Crippen molar-refractivity contribution in [3.63, 3.8) is 0 Å². The van der Waals surface area contributed by atoms with Crippen molar-refractivity contribution < 1.29 is 9.68 Å². The van der Waals surface area contributed by atoms with Crippen molar-refractivity contribution in [3.05, 3.63) is 30.5 Å². The molecule has 3 rings (SSSR count). The zero-order chi connectivity index (χ0) is 13.0. The number of hydrogen-bond donors (Lipinski definition) is 1. The highest BCUT2D eigenvalue weighted by molar-refractivity contribution is 5.82. The fourth-order valence-corrected chi connectivity index (χ4v) is 1.91. The van der Waals surface area contributed by atoms with Crippen LogP contribution in [-0.4, -0.2) is 16.2 Å². The highest BCUT2D eigenvalue weighted by Gasteiger charge is 2.50. The maximum atomic E-state index is 5.87. The predicted molar refractivity (Wildman–Crippen MR) is 71.1 cm³/mol. The first kappa shape index (κ1) is 11.6. The molecule has 18 heavy (non-hydrogen) atoms. The van der Waals surface area contributed by atoms with Crippen LogP contribution >= 0.6 is 0 Å². The number of benzene rings is 1. The van der Waals surface area contributed by atoms with Gasteiger partial charge in [-0.25, -0.2) is 9.68 Å². The monoisotopic (exact) mass is 246 g/mol. The number of nitrogens with zero attached hydrogens (tertiary/aromatic N) is 1. The van der Waals surface area contributed by atoms with Gasteiger partial charge in [-0.1, -0.05) is 6.07 Å². The number of aromatic nitrogens is 1. The average molecular weight is 246 g/mol. The molecule has 1 aliphatic heterocycles. The first-order valence-electron chi connectivity index (χ1n) is 6.15. The number of fused-ring (bicyclic) bond motifs is 1. The van der Waals surface area contributed by atoms with Crippen LogP contribution < -0.4 is 5.23 Å². The lowest BCUT2D eigenvalue weighted by molar-refractivity contribution is -0.0272. The summed E-state index contributed by atoms with van der Waals surface area (Å²) >= 11 is 0. The van der Waals surface area contributed by atoms with E-state index in [9.17, 15) is 0 Å². The lowest BCUT2D eigenvalue weighted by atomic mass is 9.90. The molecule has 4 nitrogen and oxygen atoms in total. The van der Waals surface area contributed by atoms with E-state index in [0.717, 1.165) is 11.2 Å². The maximum absolute atomic E-state index is 5.87. The third-order valence-electron chi connectivity index (χ3n) is 3.82. The van der Waals surface area contributed by atoms with E-state index in [1.807, 2.05) is 58.2 Å². The number of H-pyrrole nitrogens is 1. The summed E-state index contributed by atoms with van der Waals surface area (Å²) in [5, 5.41) is 2.69. The van der Waals surface area contributed by atoms with Crippen LogP contribution in [0.15, 0.2) is 30.5 Å². The molecule has 0 bridgehead atoms. The molecule has 1 aromatic carbocycles. The quantitative estimate of drug-likeness (QED) is 0.837. The Balaban J connectivity index is 1.96. The topological polar surface area (TPSA) is 37.5 Å². The van der Waals surface area contributed by atoms with E-state index in [1.54, 1.807) is 0 Å². The van der Waals surface area contributed by atoms with Gasteiger partial charge in [-0.05, 0) is 51.3 Å². The van der Waals surface area contributed by atoms with Gasteiger partial charge in [0, 0.05) is 11.7 Å². The molecule has 1 fully saturated rings. The van der Waals surface area contributed by atoms with Gasteiger partial charge in [0.15, 0.2) is 0 Å². The fourth-order valence-electron chi connectivity index (χ4n) is 1.91. The largest absolute Gasteiger partial charge is 0.361 e. The first-order chi connectivity index (χ1) is 8.39. The molecule has 0 spiro atoms. The number of nitrogens with one attached hydrogen (secondary N) is 1. The molecule has 0 amide bonds. The van der Waals surface area contributed by atoms with E-state index in [2.05, 4.69) is 4.98 Å². The Morgan fingerprint density at radius 1 is 1.00 bits per heavy atom. The number of hydrogen-bond acceptors (Lipinski definition) is 3. The second kappa shape index (κ2) is 3.49. The Bertz CT molecular complexity index is 570. The van der Waals surface area contributed by atoms with Gasteiger partial charge in [0.2, 0.25) is 0 Å². The van der Waals surface area contributed by atoms with E-state index in [4.69, 9.17) is 9.68 Å². The van der Waals surface area contributed by atoms with Crippen molar-refractivity contribution in [2.75, 3.05) is 5.23 Å². The summed E-state index contributed by atoms with van der Waals surface area (Å²) in [5.41, 5.74) is 1.24. The van der Waals surface area contributed by atoms with Crippen LogP contribution in [0.4, 0.5) is 5.69 Å². The molecule has 0 aliphatic carbocycles. The van der Waals surface area contributed by atoms with E-state index in [-0.39, 0.29) is 11.2 Å². The Kier molecular flexibility index (Phi) is 2.24. The van der Waals surface area contributed by atoms with E-state index in [1.165, 1.54) is 10.6 Å². The first-order valence-corrected chi connectivity index (χ1v) is 6.15. The lowest BCUT2D eigenvalue weighted by Crippen LogP contribution is -2.41. The minimum absolute atomic E-state index is 0.363. The van der Waals surface area contributed by atoms with E-state index >= 15 is 0 Å². The minimum Gasteiger partial charge on any atom is -0.361 e. The smallest absolute Gasteiger partial charge is 0.124 e. The van der Waals surface area contributed by atoms with Crippen molar-refractivity contribution >= 4 is 16.6 Å². The molecule has 2 aromatic rings. The van der Waals surface area contributed by atoms with Crippen LogP contribution in [0.2, 0.25) is 0 Å². The molecular formula is C14H18N2O2. The zero-order valence-corrected chi connectivity index (χ0v) is 11.2. The van der Waals surface area contributed by atoms with Crippen molar-refractivity contribution in [2.45, 2.75) is 38.9 Å². The highest BCUT2D eigenvalue weighted by atomic mass is 17.0. The molecule has 96 valence electrons. The second-order valence-corrected chi connectivity index (χ2v) is 5.71. The summed E-state index contributed by atoms with van der Waals surface area (Å²) in [6, 6.07) is 8.10. The second-order valence-electron chi connectivity index (χ2n) is 5.71. The van der Waals surface area contributed by atoms with Crippen LogP contribution in [0.5, 0.6) is 0 Å². The van der Waals surface area contributed by atoms with Gasteiger partial charge < -0.3 is 4.98 Å². The molecule has 1 N–H and O–H groups in total. The third-order valence-corrected chi connectivity index (χ3v) is 3.82. The van der Waals surface area contributed by atoms with Crippen LogP contribution in [0.3, 0.4) is 0 Å². The third kappa shape index (κ3) is 1.61. The Hall–Kier alpha value is -1.52. The van der Waals surface area contributed by atoms with Gasteiger partial charge in [0.1, 0.15) is 11.2 Å². The van der Waals surface area contributed by atoms with Crippen molar-refractivity contribution in [2.24, 2.45) is 0 Å². The SMILES string of the molecule is CC1(C)ON(c2ccc3cc[nH]c3c2)OC1(C)C. The number of rotatable bonds is 1. The van der Waals surface area contributed by atoms with Gasteiger partial charge in [-0.3, -0.25) is 0 Å². The molecule has 1 aliphatic rings. The molecule has 1 saturated heterocycles. The molecule has 0 saturated carbocycles. The molecule has 2 heterocycles. The molecular weight excluding hydrogens is 228 g/mol. The Morgan fingerprint density at radius 3 is 2.33 bits per heavy atom. The molecule has 0 unspecified atom stereocenters. The van der Waals surface area contributed by atoms with Crippen LogP contribution in [0.25, 0.3) is 10.9 Å². The average Bonchev–Trinajstić information content (AvgIpc) is 2.80. The maximum Gasteiger partial charge on any atom is 0.124 e. The summed E-state index contributed by atoms with van der Waals surface area (Å²) < 4.78 is 0. The summed E-state index contributed by atoms with van der Waals surface area (Å²) in [4.78, 5) is 14.9. The van der Waals surface area contributed by atoms with Crippen molar-refractivity contribution in [1.82, 2.24) is 4.98 Å². The normalized spacial score (nSPS) is 21.7. The minimum atomic E-state index is -0.363. The summed E-state index contributed by atoms with van der Waals surface area (Å²) in [5.74, 6) is 0. The summed E-state index contributed by atoms with van der Waals surface area (Å²) in [6.45, 7) is 8.11. The molecule has 0 radical (unpaired) electrons. The van der Waals surface area contributed by atoms with Crippen LogP contribution in [0.1, 0.15) is 27.7 Å². The summed E-state index contributed by atoms with van der Waals surface area (Å²) in [6.07, 6.45) is 1.92. The standard InChI is InChI=1S/C14H18N2O2/c1-13(2)14(3,4)18-16(17-13)11-6-5-10-7-8-15-12(10)9-11/h5-9,15H,1-4H3. The van der Waals surface area contributed by atoms with Gasteiger partial charge in [-0.15, -0.1) is 5.23 Å². The predicted octanol–water partition coefficient (Wildman–Crippen LogP) is 3.41. The van der Waals surface area contributed by atoms with Gasteiger partial charge in [0.05, 0.1) is 5.69 Å². The lowest BCUT2D eigenvalue weighted by Gasteiger charge is -2.26. The van der Waals surface area contributed by atoms with Crippen LogP contribution in [-0.2, 0) is 9.68 Å². The molecule has 1 aromatic heterocycles. The van der Waals surface area contributed by atoms with E-state index < -0.39 is 0 Å². The van der Waals surface area contributed by atoms with Gasteiger partial charge >= 0.3 is 0 Å². The van der Waals surface area contributed by atoms with E-state index in [0.29, 0.717) is 0 Å². The zero-order valence-electron chi connectivity index (χ0n) is 11.2. The number of aromatic amines is 1.